The van der Waals surface area contributed by atoms with Crippen LogP contribution in [0.5, 0.6) is 0 Å². The number of carbonyl (C=O) groups excluding carboxylic acids is 4. The highest BCUT2D eigenvalue weighted by atomic mass is 32.1. The maximum Gasteiger partial charge on any atom is 0.341 e. The summed E-state index contributed by atoms with van der Waals surface area (Å²) in [7, 11) is 0. The Morgan fingerprint density at radius 1 is 1.30 bits per heavy atom. The molecule has 0 bridgehead atoms. The highest BCUT2D eigenvalue weighted by molar-refractivity contribution is 7.17. The molecule has 1 saturated heterocycles. The fraction of sp³-hybridized carbons (Fsp3) is 0.556. The third-order valence-electron chi connectivity index (χ3n) is 5.01. The normalized spacial score (nSPS) is 21.2. The molecule has 0 spiro atoms. The Hall–Kier alpha value is -2.42. The molecule has 4 amide bonds. The molecular formula is C18H23N3O5S. The first-order valence-corrected chi connectivity index (χ1v) is 9.88. The van der Waals surface area contributed by atoms with Gasteiger partial charge in [0.2, 0.25) is 5.91 Å². The number of esters is 1. The van der Waals surface area contributed by atoms with Gasteiger partial charge in [0.1, 0.15) is 17.1 Å². The molecule has 1 atom stereocenters. The zero-order valence-electron chi connectivity index (χ0n) is 15.6. The van der Waals surface area contributed by atoms with E-state index in [0.29, 0.717) is 17.0 Å². The average molecular weight is 393 g/mol. The van der Waals surface area contributed by atoms with Gasteiger partial charge in [0.25, 0.3) is 5.91 Å². The van der Waals surface area contributed by atoms with E-state index in [0.717, 1.165) is 34.6 Å². The highest BCUT2D eigenvalue weighted by Gasteiger charge is 2.47. The maximum absolute atomic E-state index is 12.5. The number of hydrogen-bond donors (Lipinski definition) is 2. The predicted molar refractivity (Wildman–Crippen MR) is 99.9 cm³/mol. The lowest BCUT2D eigenvalue weighted by Gasteiger charge is -2.19. The quantitative estimate of drug-likeness (QED) is 0.569. The molecule has 1 aliphatic heterocycles. The van der Waals surface area contributed by atoms with Gasteiger partial charge in [-0.2, -0.15) is 0 Å². The van der Waals surface area contributed by atoms with E-state index in [1.807, 2.05) is 0 Å². The Morgan fingerprint density at radius 2 is 2.04 bits per heavy atom. The van der Waals surface area contributed by atoms with Gasteiger partial charge in [-0.3, -0.25) is 14.5 Å². The van der Waals surface area contributed by atoms with Crippen LogP contribution in [-0.2, 0) is 27.2 Å². The number of ether oxygens (including phenoxy) is 1. The Balaban J connectivity index is 1.76. The second-order valence-corrected chi connectivity index (χ2v) is 7.94. The van der Waals surface area contributed by atoms with Gasteiger partial charge in [0.15, 0.2) is 0 Å². The molecule has 1 fully saturated rings. The lowest BCUT2D eigenvalue weighted by Crippen LogP contribution is -2.44. The molecule has 146 valence electrons. The zero-order valence-corrected chi connectivity index (χ0v) is 16.5. The summed E-state index contributed by atoms with van der Waals surface area (Å²) >= 11 is 1.36. The van der Waals surface area contributed by atoms with Gasteiger partial charge in [0.05, 0.1) is 12.2 Å². The van der Waals surface area contributed by atoms with E-state index in [1.54, 1.807) is 20.8 Å². The van der Waals surface area contributed by atoms with Crippen molar-refractivity contribution in [1.29, 1.82) is 0 Å². The van der Waals surface area contributed by atoms with Crippen LogP contribution in [0.4, 0.5) is 9.80 Å². The van der Waals surface area contributed by atoms with Crippen LogP contribution in [0.3, 0.4) is 0 Å². The Bertz CT molecular complexity index is 818. The first-order valence-electron chi connectivity index (χ1n) is 9.06. The van der Waals surface area contributed by atoms with Gasteiger partial charge < -0.3 is 15.4 Å². The second-order valence-electron chi connectivity index (χ2n) is 6.84. The van der Waals surface area contributed by atoms with E-state index in [2.05, 4.69) is 10.6 Å². The third-order valence-corrected chi connectivity index (χ3v) is 6.22. The predicted octanol–water partition coefficient (Wildman–Crippen LogP) is 2.07. The van der Waals surface area contributed by atoms with Crippen molar-refractivity contribution < 1.29 is 23.9 Å². The fourth-order valence-corrected chi connectivity index (χ4v) is 4.65. The lowest BCUT2D eigenvalue weighted by molar-refractivity contribution is -0.133. The van der Waals surface area contributed by atoms with Crippen molar-refractivity contribution in [2.45, 2.75) is 52.0 Å². The van der Waals surface area contributed by atoms with Gasteiger partial charge in [-0.15, -0.1) is 11.3 Å². The van der Waals surface area contributed by atoms with Crippen LogP contribution < -0.4 is 10.6 Å². The number of rotatable bonds is 6. The standard InChI is InChI=1S/C18H23N3O5S/c1-4-18(3)16(24)21(17(25)20-18)9-12(22)19-14-13(15(23)26-5-2)10-7-6-8-11(10)27-14/h4-9H2,1-3H3,(H,19,22)(H,20,25). The summed E-state index contributed by atoms with van der Waals surface area (Å²) in [6.45, 7) is 5.00. The Morgan fingerprint density at radius 3 is 2.67 bits per heavy atom. The highest BCUT2D eigenvalue weighted by Crippen LogP contribution is 2.39. The van der Waals surface area contributed by atoms with E-state index in [4.69, 9.17) is 4.74 Å². The summed E-state index contributed by atoms with van der Waals surface area (Å²) in [6, 6.07) is -0.584. The summed E-state index contributed by atoms with van der Waals surface area (Å²) in [5.41, 5.74) is 0.345. The molecule has 2 N–H and O–H groups in total. The molecule has 8 nitrogen and oxygen atoms in total. The smallest absolute Gasteiger partial charge is 0.341 e. The Labute approximate surface area is 161 Å². The van der Waals surface area contributed by atoms with Gasteiger partial charge in [-0.25, -0.2) is 9.59 Å². The van der Waals surface area contributed by atoms with Gasteiger partial charge in [-0.1, -0.05) is 6.92 Å². The molecule has 9 heteroatoms. The van der Waals surface area contributed by atoms with Crippen molar-refractivity contribution in [3.8, 4) is 0 Å². The number of amides is 4. The number of anilines is 1. The number of hydrogen-bond acceptors (Lipinski definition) is 6. The number of aryl methyl sites for hydroxylation is 1. The number of fused-ring (bicyclic) bond motifs is 1. The summed E-state index contributed by atoms with van der Waals surface area (Å²) < 4.78 is 5.13. The molecule has 1 aromatic rings. The first-order chi connectivity index (χ1) is 12.8. The SMILES string of the molecule is CCOC(=O)c1c(NC(=O)CN2C(=O)NC(C)(CC)C2=O)sc2c1CCC2. The molecule has 1 aromatic heterocycles. The molecule has 27 heavy (non-hydrogen) atoms. The van der Waals surface area contributed by atoms with Crippen molar-refractivity contribution in [3.05, 3.63) is 16.0 Å². The number of nitrogens with zero attached hydrogens (tertiary/aromatic N) is 1. The molecule has 1 aliphatic carbocycles. The van der Waals surface area contributed by atoms with E-state index >= 15 is 0 Å². The second kappa shape index (κ2) is 7.30. The van der Waals surface area contributed by atoms with Gasteiger partial charge in [-0.05, 0) is 45.1 Å². The van der Waals surface area contributed by atoms with Crippen LogP contribution in [0, 0.1) is 0 Å². The first kappa shape index (κ1) is 19.3. The summed E-state index contributed by atoms with van der Waals surface area (Å²) in [6.07, 6.45) is 3.04. The van der Waals surface area contributed by atoms with Crippen LogP contribution in [0.2, 0.25) is 0 Å². The summed E-state index contributed by atoms with van der Waals surface area (Å²) in [5.74, 6) is -1.41. The number of nitrogens with one attached hydrogen (secondary N) is 2. The summed E-state index contributed by atoms with van der Waals surface area (Å²) in [4.78, 5) is 51.3. The van der Waals surface area contributed by atoms with Gasteiger partial charge in [0, 0.05) is 4.88 Å². The molecule has 0 radical (unpaired) electrons. The third kappa shape index (κ3) is 3.43. The lowest BCUT2D eigenvalue weighted by atomic mass is 9.99. The molecule has 2 aliphatic rings. The minimum absolute atomic E-state index is 0.245. The van der Waals surface area contributed by atoms with Crippen molar-refractivity contribution in [1.82, 2.24) is 10.2 Å². The summed E-state index contributed by atoms with van der Waals surface area (Å²) in [5, 5.41) is 5.73. The number of thiophene rings is 1. The fourth-order valence-electron chi connectivity index (χ4n) is 3.35. The monoisotopic (exact) mass is 393 g/mol. The van der Waals surface area contributed by atoms with E-state index < -0.39 is 35.9 Å². The number of carbonyl (C=O) groups is 4. The maximum atomic E-state index is 12.5. The van der Waals surface area contributed by atoms with Crippen LogP contribution in [0.15, 0.2) is 0 Å². The molecule has 0 saturated carbocycles. The average Bonchev–Trinajstić information content (AvgIpc) is 3.24. The van der Waals surface area contributed by atoms with Crippen molar-refractivity contribution >= 4 is 40.2 Å². The molecule has 1 unspecified atom stereocenters. The van der Waals surface area contributed by atoms with Gasteiger partial charge >= 0.3 is 12.0 Å². The van der Waals surface area contributed by atoms with E-state index in [-0.39, 0.29) is 6.61 Å². The topological polar surface area (TPSA) is 105 Å². The molecule has 2 heterocycles. The van der Waals surface area contributed by atoms with Crippen LogP contribution >= 0.6 is 11.3 Å². The van der Waals surface area contributed by atoms with E-state index in [9.17, 15) is 19.2 Å². The zero-order chi connectivity index (χ0) is 19.8. The molecule has 0 aromatic carbocycles. The van der Waals surface area contributed by atoms with Crippen molar-refractivity contribution in [2.24, 2.45) is 0 Å². The number of urea groups is 1. The minimum atomic E-state index is -0.989. The van der Waals surface area contributed by atoms with Crippen LogP contribution in [-0.4, -0.2) is 47.4 Å². The van der Waals surface area contributed by atoms with Crippen LogP contribution in [0.1, 0.15) is 54.4 Å². The van der Waals surface area contributed by atoms with Crippen molar-refractivity contribution in [3.63, 3.8) is 0 Å². The van der Waals surface area contributed by atoms with E-state index in [1.165, 1.54) is 11.3 Å². The number of imide groups is 1. The largest absolute Gasteiger partial charge is 0.462 e. The molecular weight excluding hydrogens is 370 g/mol. The minimum Gasteiger partial charge on any atom is -0.462 e. The Kier molecular flexibility index (Phi) is 5.23. The molecule has 3 rings (SSSR count). The van der Waals surface area contributed by atoms with Crippen molar-refractivity contribution in [2.75, 3.05) is 18.5 Å². The van der Waals surface area contributed by atoms with Crippen LogP contribution in [0.25, 0.3) is 0 Å².